The summed E-state index contributed by atoms with van der Waals surface area (Å²) in [6, 6.07) is 0.450. The minimum Gasteiger partial charge on any atom is -0.309 e. The Kier molecular flexibility index (Phi) is 5.05. The van der Waals surface area contributed by atoms with Gasteiger partial charge in [0.15, 0.2) is 0 Å². The summed E-state index contributed by atoms with van der Waals surface area (Å²) in [6.45, 7) is 6.46. The highest BCUT2D eigenvalue weighted by Crippen LogP contribution is 2.51. The molecule has 2 bridgehead atoms. The van der Waals surface area contributed by atoms with Gasteiger partial charge in [-0.25, -0.2) is 0 Å². The summed E-state index contributed by atoms with van der Waals surface area (Å²) in [5.41, 5.74) is 1.36. The molecule has 1 aromatic heterocycles. The Morgan fingerprint density at radius 3 is 2.86 bits per heavy atom. The van der Waals surface area contributed by atoms with E-state index in [-0.39, 0.29) is 0 Å². The fraction of sp³-hybridized carbons (Fsp3) is 0.824. The van der Waals surface area contributed by atoms with Crippen LogP contribution in [0, 0.1) is 17.8 Å². The molecule has 3 rings (SSSR count). The van der Waals surface area contributed by atoms with Crippen molar-refractivity contribution in [3.8, 4) is 0 Å². The van der Waals surface area contributed by atoms with Gasteiger partial charge in [-0.15, -0.1) is 0 Å². The lowest BCUT2D eigenvalue weighted by atomic mass is 9.83. The Bertz CT molecular complexity index is 471. The van der Waals surface area contributed by atoms with Gasteiger partial charge in [0.25, 0.3) is 0 Å². The molecule has 0 amide bonds. The standard InChI is InChI=1S/C17H28BrN3/c1-3-7-19-16(17-15(18)11-20-21(17)4-2)10-14-9-12-5-6-13(14)8-12/h11-14,16,19H,3-10H2,1-2H3. The molecule has 0 aromatic carbocycles. The van der Waals surface area contributed by atoms with E-state index in [9.17, 15) is 0 Å². The molecule has 2 saturated carbocycles. The fourth-order valence-electron chi connectivity index (χ4n) is 4.55. The first-order valence-corrected chi connectivity index (χ1v) is 9.46. The van der Waals surface area contributed by atoms with Crippen molar-refractivity contribution in [1.82, 2.24) is 15.1 Å². The molecule has 118 valence electrons. The summed E-state index contributed by atoms with van der Waals surface area (Å²) in [5, 5.41) is 8.30. The second kappa shape index (κ2) is 6.82. The lowest BCUT2D eigenvalue weighted by molar-refractivity contribution is 0.273. The first kappa shape index (κ1) is 15.5. The van der Waals surface area contributed by atoms with Crippen molar-refractivity contribution < 1.29 is 0 Å². The largest absolute Gasteiger partial charge is 0.309 e. The van der Waals surface area contributed by atoms with E-state index >= 15 is 0 Å². The number of hydrogen-bond acceptors (Lipinski definition) is 2. The van der Waals surface area contributed by atoms with Gasteiger partial charge in [-0.2, -0.15) is 5.10 Å². The Morgan fingerprint density at radius 2 is 2.24 bits per heavy atom. The lowest BCUT2D eigenvalue weighted by Gasteiger charge is -2.28. The van der Waals surface area contributed by atoms with Crippen molar-refractivity contribution in [1.29, 1.82) is 0 Å². The number of fused-ring (bicyclic) bond motifs is 2. The van der Waals surface area contributed by atoms with E-state index in [4.69, 9.17) is 0 Å². The topological polar surface area (TPSA) is 29.9 Å². The molecule has 0 aliphatic heterocycles. The van der Waals surface area contributed by atoms with E-state index in [1.54, 1.807) is 0 Å². The van der Waals surface area contributed by atoms with Crippen LogP contribution in [0.15, 0.2) is 10.7 Å². The quantitative estimate of drug-likeness (QED) is 0.780. The van der Waals surface area contributed by atoms with Gasteiger partial charge >= 0.3 is 0 Å². The first-order chi connectivity index (χ1) is 10.2. The van der Waals surface area contributed by atoms with E-state index in [2.05, 4.69) is 44.9 Å². The van der Waals surface area contributed by atoms with Crippen LogP contribution < -0.4 is 5.32 Å². The van der Waals surface area contributed by atoms with E-state index in [1.165, 1.54) is 48.7 Å². The molecule has 0 spiro atoms. The number of aryl methyl sites for hydroxylation is 1. The van der Waals surface area contributed by atoms with Crippen LogP contribution in [0.3, 0.4) is 0 Å². The van der Waals surface area contributed by atoms with Crippen molar-refractivity contribution in [2.24, 2.45) is 17.8 Å². The normalized spacial score (nSPS) is 29.2. The maximum atomic E-state index is 4.52. The first-order valence-electron chi connectivity index (χ1n) is 8.67. The summed E-state index contributed by atoms with van der Waals surface area (Å²) >= 11 is 3.72. The van der Waals surface area contributed by atoms with Crippen molar-refractivity contribution in [2.75, 3.05) is 6.54 Å². The highest BCUT2D eigenvalue weighted by atomic mass is 79.9. The van der Waals surface area contributed by atoms with E-state index in [1.807, 2.05) is 6.20 Å². The minimum atomic E-state index is 0.450. The monoisotopic (exact) mass is 353 g/mol. The maximum Gasteiger partial charge on any atom is 0.0695 e. The van der Waals surface area contributed by atoms with Crippen LogP contribution >= 0.6 is 15.9 Å². The molecule has 1 aromatic rings. The minimum absolute atomic E-state index is 0.450. The highest BCUT2D eigenvalue weighted by Gasteiger charge is 2.40. The summed E-state index contributed by atoms with van der Waals surface area (Å²) < 4.78 is 3.33. The highest BCUT2D eigenvalue weighted by molar-refractivity contribution is 9.10. The van der Waals surface area contributed by atoms with E-state index in [0.717, 1.165) is 30.8 Å². The van der Waals surface area contributed by atoms with Crippen LogP contribution in [0.4, 0.5) is 0 Å². The predicted octanol–water partition coefficient (Wildman–Crippen LogP) is 4.53. The molecular weight excluding hydrogens is 326 g/mol. The second-order valence-corrected chi connectivity index (χ2v) is 7.73. The van der Waals surface area contributed by atoms with Crippen LogP contribution in [0.25, 0.3) is 0 Å². The molecule has 2 aliphatic rings. The number of nitrogens with one attached hydrogen (secondary N) is 1. The van der Waals surface area contributed by atoms with E-state index < -0.39 is 0 Å². The van der Waals surface area contributed by atoms with Crippen molar-refractivity contribution in [3.05, 3.63) is 16.4 Å². The summed E-state index contributed by atoms with van der Waals surface area (Å²) in [7, 11) is 0. The van der Waals surface area contributed by atoms with Crippen LogP contribution in [0.1, 0.15) is 64.1 Å². The van der Waals surface area contributed by atoms with Crippen molar-refractivity contribution >= 4 is 15.9 Å². The van der Waals surface area contributed by atoms with Crippen LogP contribution in [-0.4, -0.2) is 16.3 Å². The van der Waals surface area contributed by atoms with Crippen LogP contribution in [0.5, 0.6) is 0 Å². The molecule has 2 aliphatic carbocycles. The number of halogens is 1. The molecule has 4 unspecified atom stereocenters. The van der Waals surface area contributed by atoms with Gasteiger partial charge in [0, 0.05) is 6.54 Å². The third-order valence-corrected chi connectivity index (χ3v) is 6.14. The Balaban J connectivity index is 1.75. The SMILES string of the molecule is CCCNC(CC1CC2CCC1C2)c1c(Br)cnn1CC. The predicted molar refractivity (Wildman–Crippen MR) is 90.2 cm³/mol. The van der Waals surface area contributed by atoms with Gasteiger partial charge in [-0.3, -0.25) is 4.68 Å². The van der Waals surface area contributed by atoms with E-state index in [0.29, 0.717) is 6.04 Å². The Labute approximate surface area is 137 Å². The molecule has 4 atom stereocenters. The fourth-order valence-corrected chi connectivity index (χ4v) is 5.12. The molecule has 21 heavy (non-hydrogen) atoms. The number of aromatic nitrogens is 2. The zero-order valence-corrected chi connectivity index (χ0v) is 14.9. The average Bonchev–Trinajstić information content (AvgIpc) is 3.18. The van der Waals surface area contributed by atoms with Crippen molar-refractivity contribution in [3.63, 3.8) is 0 Å². The maximum absolute atomic E-state index is 4.52. The summed E-state index contributed by atoms with van der Waals surface area (Å²) in [6.07, 6.45) is 10.4. The van der Waals surface area contributed by atoms with Gasteiger partial charge in [0.1, 0.15) is 0 Å². The van der Waals surface area contributed by atoms with Crippen LogP contribution in [-0.2, 0) is 6.54 Å². The molecule has 1 N–H and O–H groups in total. The second-order valence-electron chi connectivity index (χ2n) is 6.87. The smallest absolute Gasteiger partial charge is 0.0695 e. The third-order valence-electron chi connectivity index (χ3n) is 5.53. The molecule has 0 radical (unpaired) electrons. The number of rotatable bonds is 7. The van der Waals surface area contributed by atoms with Gasteiger partial charge in [0.05, 0.1) is 22.4 Å². The summed E-state index contributed by atoms with van der Waals surface area (Å²) in [5.74, 6) is 2.95. The van der Waals surface area contributed by atoms with Gasteiger partial charge in [-0.1, -0.05) is 13.3 Å². The van der Waals surface area contributed by atoms with Crippen LogP contribution in [0.2, 0.25) is 0 Å². The van der Waals surface area contributed by atoms with Gasteiger partial charge in [-0.05, 0) is 79.3 Å². The van der Waals surface area contributed by atoms with Gasteiger partial charge in [0.2, 0.25) is 0 Å². The molecule has 2 fully saturated rings. The zero-order valence-electron chi connectivity index (χ0n) is 13.3. The number of nitrogens with zero attached hydrogens (tertiary/aromatic N) is 2. The lowest BCUT2D eigenvalue weighted by Crippen LogP contribution is -2.28. The molecular formula is C17H28BrN3. The third kappa shape index (κ3) is 3.21. The zero-order chi connectivity index (χ0) is 14.8. The Hall–Kier alpha value is -0.350. The average molecular weight is 354 g/mol. The molecule has 1 heterocycles. The molecule has 4 heteroatoms. The molecule has 0 saturated heterocycles. The van der Waals surface area contributed by atoms with Gasteiger partial charge < -0.3 is 5.32 Å². The summed E-state index contributed by atoms with van der Waals surface area (Å²) in [4.78, 5) is 0. The Morgan fingerprint density at radius 1 is 1.38 bits per heavy atom. The van der Waals surface area contributed by atoms with Crippen molar-refractivity contribution in [2.45, 2.75) is 65.0 Å². The molecule has 3 nitrogen and oxygen atoms in total. The number of hydrogen-bond donors (Lipinski definition) is 1.